The minimum atomic E-state index is -0.774. The Labute approximate surface area is 120 Å². The van der Waals surface area contributed by atoms with Gasteiger partial charge in [-0.3, -0.25) is 4.90 Å². The normalized spacial score (nSPS) is 24.0. The van der Waals surface area contributed by atoms with Crippen molar-refractivity contribution in [2.45, 2.75) is 51.7 Å². The predicted octanol–water partition coefficient (Wildman–Crippen LogP) is 3.32. The summed E-state index contributed by atoms with van der Waals surface area (Å²) in [5.74, 6) is -1.53. The molecule has 0 aliphatic carbocycles. The van der Waals surface area contributed by atoms with Gasteiger partial charge in [-0.15, -0.1) is 0 Å². The van der Waals surface area contributed by atoms with Gasteiger partial charge in [0.05, 0.1) is 0 Å². The highest BCUT2D eigenvalue weighted by Gasteiger charge is 2.24. The van der Waals surface area contributed by atoms with Crippen LogP contribution in [0.5, 0.6) is 0 Å². The molecule has 0 saturated carbocycles. The number of likely N-dealkylation sites (tertiary alicyclic amines) is 1. The molecule has 2 atom stereocenters. The van der Waals surface area contributed by atoms with Crippen molar-refractivity contribution in [2.24, 2.45) is 0 Å². The van der Waals surface area contributed by atoms with Crippen molar-refractivity contribution in [1.82, 2.24) is 10.2 Å². The highest BCUT2D eigenvalue weighted by atomic mass is 19.2. The number of nitrogens with one attached hydrogen (secondary N) is 1. The molecule has 0 aromatic heterocycles. The van der Waals surface area contributed by atoms with E-state index in [0.717, 1.165) is 37.9 Å². The smallest absolute Gasteiger partial charge is 0.159 e. The summed E-state index contributed by atoms with van der Waals surface area (Å²) in [4.78, 5) is 2.34. The predicted molar refractivity (Wildman–Crippen MR) is 77.5 cm³/mol. The Morgan fingerprint density at radius 2 is 2.10 bits per heavy atom. The molecule has 2 unspecified atom stereocenters. The maximum atomic E-state index is 13.2. The van der Waals surface area contributed by atoms with Crippen molar-refractivity contribution in [1.29, 1.82) is 0 Å². The lowest BCUT2D eigenvalue weighted by Crippen LogP contribution is -2.47. The number of piperidine rings is 1. The minimum Gasteiger partial charge on any atom is -0.314 e. The van der Waals surface area contributed by atoms with E-state index in [0.29, 0.717) is 18.6 Å². The summed E-state index contributed by atoms with van der Waals surface area (Å²) in [6.07, 6.45) is 3.39. The van der Waals surface area contributed by atoms with Gasteiger partial charge >= 0.3 is 0 Å². The van der Waals surface area contributed by atoms with Crippen LogP contribution < -0.4 is 5.32 Å². The lowest BCUT2D eigenvalue weighted by molar-refractivity contribution is 0.128. The molecular weight excluding hydrogens is 258 g/mol. The van der Waals surface area contributed by atoms with Crippen molar-refractivity contribution in [2.75, 3.05) is 13.1 Å². The molecule has 0 amide bonds. The molecule has 112 valence electrons. The molecular formula is C16H24F2N2. The molecule has 1 aromatic rings. The molecule has 1 fully saturated rings. The van der Waals surface area contributed by atoms with Gasteiger partial charge in [-0.05, 0) is 50.4 Å². The number of rotatable bonds is 5. The van der Waals surface area contributed by atoms with Gasteiger partial charge in [0.2, 0.25) is 0 Å². The molecule has 4 heteroatoms. The van der Waals surface area contributed by atoms with Crippen LogP contribution in [0.3, 0.4) is 0 Å². The van der Waals surface area contributed by atoms with Gasteiger partial charge in [0, 0.05) is 25.2 Å². The van der Waals surface area contributed by atoms with Gasteiger partial charge in [-0.25, -0.2) is 8.78 Å². The van der Waals surface area contributed by atoms with Gasteiger partial charge in [0.1, 0.15) is 0 Å². The molecule has 1 saturated heterocycles. The summed E-state index contributed by atoms with van der Waals surface area (Å²) < 4.78 is 26.2. The second-order valence-corrected chi connectivity index (χ2v) is 5.74. The fourth-order valence-electron chi connectivity index (χ4n) is 2.86. The first-order valence-corrected chi connectivity index (χ1v) is 7.51. The first-order chi connectivity index (χ1) is 9.60. The summed E-state index contributed by atoms with van der Waals surface area (Å²) in [6, 6.07) is 5.25. The molecule has 1 heterocycles. The van der Waals surface area contributed by atoms with Crippen LogP contribution in [-0.4, -0.2) is 30.1 Å². The zero-order valence-electron chi connectivity index (χ0n) is 12.3. The van der Waals surface area contributed by atoms with Gasteiger partial charge in [-0.1, -0.05) is 13.0 Å². The molecule has 0 spiro atoms. The number of hydrogen-bond acceptors (Lipinski definition) is 2. The van der Waals surface area contributed by atoms with E-state index in [1.165, 1.54) is 12.1 Å². The van der Waals surface area contributed by atoms with Crippen molar-refractivity contribution in [3.8, 4) is 0 Å². The SMILES string of the molecule is CCCNC1CCN(Cc2ccc(F)c(F)c2)C(C)C1. The van der Waals surface area contributed by atoms with Crippen molar-refractivity contribution in [3.05, 3.63) is 35.4 Å². The van der Waals surface area contributed by atoms with E-state index in [1.54, 1.807) is 6.07 Å². The van der Waals surface area contributed by atoms with E-state index in [2.05, 4.69) is 24.1 Å². The quantitative estimate of drug-likeness (QED) is 0.891. The molecule has 2 nitrogen and oxygen atoms in total. The number of nitrogens with zero attached hydrogens (tertiary/aromatic N) is 1. The zero-order valence-corrected chi connectivity index (χ0v) is 12.3. The second-order valence-electron chi connectivity index (χ2n) is 5.74. The molecule has 20 heavy (non-hydrogen) atoms. The van der Waals surface area contributed by atoms with Gasteiger partial charge in [-0.2, -0.15) is 0 Å². The van der Waals surface area contributed by atoms with Crippen LogP contribution in [-0.2, 0) is 6.54 Å². The summed E-state index contributed by atoms with van der Waals surface area (Å²) in [6.45, 7) is 7.15. The van der Waals surface area contributed by atoms with E-state index >= 15 is 0 Å². The monoisotopic (exact) mass is 282 g/mol. The summed E-state index contributed by atoms with van der Waals surface area (Å²) in [5.41, 5.74) is 0.843. The largest absolute Gasteiger partial charge is 0.314 e. The first-order valence-electron chi connectivity index (χ1n) is 7.51. The Hall–Kier alpha value is -1.00. The van der Waals surface area contributed by atoms with Crippen LogP contribution in [0.25, 0.3) is 0 Å². The standard InChI is InChI=1S/C16H24F2N2/c1-3-7-19-14-6-8-20(12(2)9-14)11-13-4-5-15(17)16(18)10-13/h4-5,10,12,14,19H,3,6-9,11H2,1-2H3. The molecule has 0 bridgehead atoms. The Morgan fingerprint density at radius 1 is 1.30 bits per heavy atom. The van der Waals surface area contributed by atoms with Crippen LogP contribution in [0.4, 0.5) is 8.78 Å². The van der Waals surface area contributed by atoms with Crippen LogP contribution in [0.15, 0.2) is 18.2 Å². The molecule has 1 N–H and O–H groups in total. The third-order valence-electron chi connectivity index (χ3n) is 4.07. The summed E-state index contributed by atoms with van der Waals surface area (Å²) >= 11 is 0. The Kier molecular flexibility index (Phi) is 5.49. The van der Waals surface area contributed by atoms with Gasteiger partial charge in [0.25, 0.3) is 0 Å². The Morgan fingerprint density at radius 3 is 2.75 bits per heavy atom. The number of hydrogen-bond donors (Lipinski definition) is 1. The molecule has 1 aliphatic rings. The first kappa shape index (κ1) is 15.4. The fraction of sp³-hybridized carbons (Fsp3) is 0.625. The topological polar surface area (TPSA) is 15.3 Å². The summed E-state index contributed by atoms with van der Waals surface area (Å²) in [7, 11) is 0. The lowest BCUT2D eigenvalue weighted by atomic mass is 9.97. The second kappa shape index (κ2) is 7.14. The molecule has 1 aliphatic heterocycles. The number of benzene rings is 1. The maximum Gasteiger partial charge on any atom is 0.159 e. The van der Waals surface area contributed by atoms with Crippen LogP contribution >= 0.6 is 0 Å². The number of halogens is 2. The van der Waals surface area contributed by atoms with Gasteiger partial charge in [0.15, 0.2) is 11.6 Å². The Balaban J connectivity index is 1.89. The third-order valence-corrected chi connectivity index (χ3v) is 4.07. The van der Waals surface area contributed by atoms with Crippen LogP contribution in [0, 0.1) is 11.6 Å². The van der Waals surface area contributed by atoms with E-state index in [-0.39, 0.29) is 0 Å². The lowest BCUT2D eigenvalue weighted by Gasteiger charge is -2.38. The maximum absolute atomic E-state index is 13.2. The van der Waals surface area contributed by atoms with Crippen molar-refractivity contribution >= 4 is 0 Å². The highest BCUT2D eigenvalue weighted by Crippen LogP contribution is 2.20. The summed E-state index contributed by atoms with van der Waals surface area (Å²) in [5, 5.41) is 3.57. The van der Waals surface area contributed by atoms with Gasteiger partial charge < -0.3 is 5.32 Å². The average molecular weight is 282 g/mol. The van der Waals surface area contributed by atoms with E-state index in [4.69, 9.17) is 0 Å². The fourth-order valence-corrected chi connectivity index (χ4v) is 2.86. The van der Waals surface area contributed by atoms with Crippen LogP contribution in [0.1, 0.15) is 38.7 Å². The zero-order chi connectivity index (χ0) is 14.5. The molecule has 1 aromatic carbocycles. The Bertz CT molecular complexity index is 436. The third kappa shape index (κ3) is 4.00. The molecule has 0 radical (unpaired) electrons. The average Bonchev–Trinajstić information content (AvgIpc) is 2.43. The van der Waals surface area contributed by atoms with E-state index in [9.17, 15) is 8.78 Å². The molecule has 2 rings (SSSR count). The van der Waals surface area contributed by atoms with Crippen molar-refractivity contribution < 1.29 is 8.78 Å². The highest BCUT2D eigenvalue weighted by molar-refractivity contribution is 5.17. The van der Waals surface area contributed by atoms with Crippen LogP contribution in [0.2, 0.25) is 0 Å². The van der Waals surface area contributed by atoms with E-state index in [1.807, 2.05) is 0 Å². The van der Waals surface area contributed by atoms with E-state index < -0.39 is 11.6 Å². The minimum absolute atomic E-state index is 0.464. The van der Waals surface area contributed by atoms with Crippen molar-refractivity contribution in [3.63, 3.8) is 0 Å².